The number of H-pyrrole nitrogens is 1. The van der Waals surface area contributed by atoms with Gasteiger partial charge in [0, 0.05) is 29.1 Å². The van der Waals surface area contributed by atoms with Crippen LogP contribution in [0.25, 0.3) is 22.8 Å². The Kier molecular flexibility index (Phi) is 4.76. The summed E-state index contributed by atoms with van der Waals surface area (Å²) in [7, 11) is 0. The van der Waals surface area contributed by atoms with Crippen molar-refractivity contribution in [1.29, 1.82) is 0 Å². The van der Waals surface area contributed by atoms with Crippen molar-refractivity contribution in [3.8, 4) is 11.1 Å². The highest BCUT2D eigenvalue weighted by molar-refractivity contribution is 6.35. The van der Waals surface area contributed by atoms with Gasteiger partial charge >= 0.3 is 5.97 Å². The van der Waals surface area contributed by atoms with E-state index in [1.807, 2.05) is 31.2 Å². The number of halogens is 1. The van der Waals surface area contributed by atoms with Gasteiger partial charge in [-0.2, -0.15) is 0 Å². The van der Waals surface area contributed by atoms with E-state index in [1.165, 1.54) is 12.1 Å². The summed E-state index contributed by atoms with van der Waals surface area (Å²) in [6.07, 6.45) is 2.18. The van der Waals surface area contributed by atoms with E-state index in [2.05, 4.69) is 10.3 Å². The van der Waals surface area contributed by atoms with Gasteiger partial charge in [0.2, 0.25) is 0 Å². The summed E-state index contributed by atoms with van der Waals surface area (Å²) in [5.41, 5.74) is 6.23. The molecule has 0 saturated heterocycles. The SMILES string of the molecule is Cc1cc(CCC(=O)O)c(/C=C2\C(=O)Nc3cc(-c4ccc(F)cc4)ccc32)[nH]1. The fraction of sp³-hybridized carbons (Fsp3) is 0.130. The van der Waals surface area contributed by atoms with E-state index in [1.54, 1.807) is 18.2 Å². The molecule has 2 aromatic carbocycles. The van der Waals surface area contributed by atoms with Gasteiger partial charge in [-0.25, -0.2) is 4.39 Å². The van der Waals surface area contributed by atoms with Crippen LogP contribution in [0.3, 0.4) is 0 Å². The molecule has 3 N–H and O–H groups in total. The van der Waals surface area contributed by atoms with Crippen LogP contribution in [-0.2, 0) is 16.0 Å². The zero-order valence-corrected chi connectivity index (χ0v) is 15.8. The molecular formula is C23H19FN2O3. The minimum atomic E-state index is -0.861. The number of aromatic nitrogens is 1. The molecule has 1 aromatic heterocycles. The van der Waals surface area contributed by atoms with Crippen molar-refractivity contribution in [2.75, 3.05) is 5.32 Å². The number of aromatic amines is 1. The second-order valence-electron chi connectivity index (χ2n) is 7.06. The van der Waals surface area contributed by atoms with Crippen LogP contribution in [0, 0.1) is 12.7 Å². The molecule has 6 heteroatoms. The van der Waals surface area contributed by atoms with Crippen LogP contribution >= 0.6 is 0 Å². The van der Waals surface area contributed by atoms with Crippen LogP contribution in [-0.4, -0.2) is 22.0 Å². The number of hydrogen-bond acceptors (Lipinski definition) is 2. The molecule has 0 spiro atoms. The highest BCUT2D eigenvalue weighted by Gasteiger charge is 2.25. The second-order valence-corrected chi connectivity index (χ2v) is 7.06. The van der Waals surface area contributed by atoms with Gasteiger partial charge in [-0.05, 0) is 60.4 Å². The van der Waals surface area contributed by atoms with Crippen molar-refractivity contribution in [2.45, 2.75) is 19.8 Å². The second kappa shape index (κ2) is 7.39. The number of amides is 1. The van der Waals surface area contributed by atoms with Gasteiger partial charge in [0.1, 0.15) is 5.82 Å². The van der Waals surface area contributed by atoms with Crippen LogP contribution in [0.1, 0.15) is 28.9 Å². The number of fused-ring (bicyclic) bond motifs is 1. The fourth-order valence-electron chi connectivity index (χ4n) is 3.55. The van der Waals surface area contributed by atoms with E-state index in [-0.39, 0.29) is 18.1 Å². The van der Waals surface area contributed by atoms with Crippen molar-refractivity contribution in [3.05, 3.63) is 76.9 Å². The molecule has 0 aliphatic carbocycles. The number of aryl methyl sites for hydroxylation is 2. The number of nitrogens with one attached hydrogen (secondary N) is 2. The molecule has 1 aliphatic heterocycles. The molecule has 2 heterocycles. The number of carboxylic acid groups (broad SMARTS) is 1. The molecule has 29 heavy (non-hydrogen) atoms. The van der Waals surface area contributed by atoms with E-state index >= 15 is 0 Å². The average Bonchev–Trinajstić information content (AvgIpc) is 3.19. The first kappa shape index (κ1) is 18.7. The third kappa shape index (κ3) is 3.82. The Balaban J connectivity index is 1.69. The maximum absolute atomic E-state index is 13.2. The number of aliphatic carboxylic acids is 1. The van der Waals surface area contributed by atoms with Gasteiger partial charge in [-0.1, -0.05) is 24.3 Å². The number of carbonyl (C=O) groups excluding carboxylic acids is 1. The lowest BCUT2D eigenvalue weighted by molar-refractivity contribution is -0.137. The van der Waals surface area contributed by atoms with Gasteiger partial charge < -0.3 is 15.4 Å². The van der Waals surface area contributed by atoms with Crippen LogP contribution in [0.15, 0.2) is 48.5 Å². The molecule has 1 amide bonds. The highest BCUT2D eigenvalue weighted by Crippen LogP contribution is 2.36. The third-order valence-electron chi connectivity index (χ3n) is 4.95. The molecule has 4 rings (SSSR count). The first-order valence-electron chi connectivity index (χ1n) is 9.24. The van der Waals surface area contributed by atoms with Gasteiger partial charge in [-0.15, -0.1) is 0 Å². The number of anilines is 1. The van der Waals surface area contributed by atoms with Crippen LogP contribution in [0.5, 0.6) is 0 Å². The van der Waals surface area contributed by atoms with E-state index in [4.69, 9.17) is 5.11 Å². The predicted molar refractivity (Wildman–Crippen MR) is 110 cm³/mol. The summed E-state index contributed by atoms with van der Waals surface area (Å²) in [6.45, 7) is 1.89. The largest absolute Gasteiger partial charge is 0.481 e. The Morgan fingerprint density at radius 2 is 1.83 bits per heavy atom. The molecule has 0 fully saturated rings. The summed E-state index contributed by atoms with van der Waals surface area (Å²) in [5, 5.41) is 11.8. The smallest absolute Gasteiger partial charge is 0.303 e. The number of carbonyl (C=O) groups is 2. The van der Waals surface area contributed by atoms with Crippen molar-refractivity contribution in [2.24, 2.45) is 0 Å². The average molecular weight is 390 g/mol. The number of benzene rings is 2. The summed E-state index contributed by atoms with van der Waals surface area (Å²) < 4.78 is 13.2. The lowest BCUT2D eigenvalue weighted by Crippen LogP contribution is -2.04. The molecule has 0 saturated carbocycles. The van der Waals surface area contributed by atoms with E-state index in [0.29, 0.717) is 17.7 Å². The van der Waals surface area contributed by atoms with Gasteiger partial charge in [0.05, 0.1) is 5.57 Å². The molecule has 0 radical (unpaired) electrons. The number of carboxylic acids is 1. The topological polar surface area (TPSA) is 82.2 Å². The fourth-order valence-corrected chi connectivity index (χ4v) is 3.55. The molecule has 146 valence electrons. The van der Waals surface area contributed by atoms with Crippen LogP contribution in [0.2, 0.25) is 0 Å². The Morgan fingerprint density at radius 3 is 2.55 bits per heavy atom. The van der Waals surface area contributed by atoms with Crippen LogP contribution < -0.4 is 5.32 Å². The molecule has 3 aromatic rings. The van der Waals surface area contributed by atoms with Crippen molar-refractivity contribution in [3.63, 3.8) is 0 Å². The lowest BCUT2D eigenvalue weighted by Gasteiger charge is -2.05. The Bertz CT molecular complexity index is 1140. The summed E-state index contributed by atoms with van der Waals surface area (Å²) >= 11 is 0. The predicted octanol–water partition coefficient (Wildman–Crippen LogP) is 4.64. The standard InChI is InChI=1S/C23H19FN2O3/c1-13-10-16(5-9-22(27)28)20(25-13)12-19-18-8-4-15(11-21(18)26-23(19)29)14-2-6-17(24)7-3-14/h2-4,6-8,10-12,25H,5,9H2,1H3,(H,26,29)(H,27,28)/b19-12-. The molecule has 0 unspecified atom stereocenters. The van der Waals surface area contributed by atoms with E-state index in [0.717, 1.165) is 33.6 Å². The molecular weight excluding hydrogens is 371 g/mol. The normalized spacial score (nSPS) is 14.1. The van der Waals surface area contributed by atoms with Crippen molar-refractivity contribution in [1.82, 2.24) is 4.98 Å². The molecule has 5 nitrogen and oxygen atoms in total. The van der Waals surface area contributed by atoms with Gasteiger partial charge in [0.15, 0.2) is 0 Å². The summed E-state index contributed by atoms with van der Waals surface area (Å²) in [6, 6.07) is 13.7. The van der Waals surface area contributed by atoms with E-state index in [9.17, 15) is 14.0 Å². The zero-order valence-electron chi connectivity index (χ0n) is 15.8. The first-order chi connectivity index (χ1) is 13.9. The monoisotopic (exact) mass is 390 g/mol. The Hall–Kier alpha value is -3.67. The quantitative estimate of drug-likeness (QED) is 0.555. The third-order valence-corrected chi connectivity index (χ3v) is 4.95. The molecule has 1 aliphatic rings. The first-order valence-corrected chi connectivity index (χ1v) is 9.24. The van der Waals surface area contributed by atoms with Crippen molar-refractivity contribution >= 4 is 29.2 Å². The minimum absolute atomic E-state index is 0.0251. The summed E-state index contributed by atoms with van der Waals surface area (Å²) in [5.74, 6) is -1.37. The summed E-state index contributed by atoms with van der Waals surface area (Å²) in [4.78, 5) is 26.7. The van der Waals surface area contributed by atoms with Crippen molar-refractivity contribution < 1.29 is 19.1 Å². The van der Waals surface area contributed by atoms with Gasteiger partial charge in [-0.3, -0.25) is 9.59 Å². The van der Waals surface area contributed by atoms with Crippen LogP contribution in [0.4, 0.5) is 10.1 Å². The molecule has 0 bridgehead atoms. The number of hydrogen-bond donors (Lipinski definition) is 3. The highest BCUT2D eigenvalue weighted by atomic mass is 19.1. The minimum Gasteiger partial charge on any atom is -0.481 e. The Morgan fingerprint density at radius 1 is 1.10 bits per heavy atom. The van der Waals surface area contributed by atoms with Gasteiger partial charge in [0.25, 0.3) is 5.91 Å². The Labute approximate surface area is 166 Å². The van der Waals surface area contributed by atoms with E-state index < -0.39 is 5.97 Å². The zero-order chi connectivity index (χ0) is 20.5. The maximum atomic E-state index is 13.2. The lowest BCUT2D eigenvalue weighted by atomic mass is 9.99. The maximum Gasteiger partial charge on any atom is 0.303 e. The number of rotatable bonds is 5. The molecule has 0 atom stereocenters.